The average Bonchev–Trinajstić information content (AvgIpc) is 3.20. The highest BCUT2D eigenvalue weighted by Gasteiger charge is 2.37. The Balaban J connectivity index is 0.00000147. The molecule has 0 bridgehead atoms. The van der Waals surface area contributed by atoms with Crippen LogP contribution >= 0.6 is 12.4 Å². The van der Waals surface area contributed by atoms with E-state index in [-0.39, 0.29) is 12.4 Å². The lowest BCUT2D eigenvalue weighted by molar-refractivity contribution is 0.506. The van der Waals surface area contributed by atoms with Crippen molar-refractivity contribution in [1.29, 1.82) is 0 Å². The Morgan fingerprint density at radius 3 is 2.40 bits per heavy atom. The van der Waals surface area contributed by atoms with E-state index >= 15 is 0 Å². The van der Waals surface area contributed by atoms with Crippen molar-refractivity contribution in [2.24, 2.45) is 5.92 Å². The third-order valence-electron chi connectivity index (χ3n) is 3.94. The zero-order valence-corrected chi connectivity index (χ0v) is 11.9. The summed E-state index contributed by atoms with van der Waals surface area (Å²) >= 11 is 0. The summed E-state index contributed by atoms with van der Waals surface area (Å²) in [5.74, 6) is -0.458. The third-order valence-corrected chi connectivity index (χ3v) is 3.94. The van der Waals surface area contributed by atoms with E-state index in [1.54, 1.807) is 6.07 Å². The molecule has 1 unspecified atom stereocenters. The fourth-order valence-electron chi connectivity index (χ4n) is 2.71. The van der Waals surface area contributed by atoms with Crippen molar-refractivity contribution in [3.63, 3.8) is 0 Å². The molecule has 0 saturated heterocycles. The molecule has 1 aliphatic rings. The number of benzene rings is 2. The van der Waals surface area contributed by atoms with Gasteiger partial charge in [-0.1, -0.05) is 36.4 Å². The van der Waals surface area contributed by atoms with Crippen molar-refractivity contribution >= 4 is 12.4 Å². The zero-order chi connectivity index (χ0) is 13.2. The first-order chi connectivity index (χ1) is 9.24. The average molecular weight is 295 g/mol. The van der Waals surface area contributed by atoms with Crippen molar-refractivity contribution in [3.8, 4) is 0 Å². The van der Waals surface area contributed by atoms with Crippen molar-refractivity contribution in [1.82, 2.24) is 0 Å². The number of rotatable bonds is 4. The Kier molecular flexibility index (Phi) is 4.77. The minimum atomic E-state index is -0.759. The maximum absolute atomic E-state index is 13.2. The standard InChI is InChI=1S/C17H16F2.ClH/c18-16-9-8-14(11-17(16)19)15-10-13(15)7-6-12-4-2-1-3-5-12;/h1-5,8-9,11,13,15H,6-7,10H2;1H/t13?,15-;/m1./s1. The van der Waals surface area contributed by atoms with Crippen LogP contribution in [0.5, 0.6) is 0 Å². The van der Waals surface area contributed by atoms with Crippen LogP contribution in [0.1, 0.15) is 29.9 Å². The Morgan fingerprint density at radius 1 is 0.950 bits per heavy atom. The van der Waals surface area contributed by atoms with E-state index in [0.717, 1.165) is 24.8 Å². The lowest BCUT2D eigenvalue weighted by Gasteiger charge is -2.02. The van der Waals surface area contributed by atoms with Gasteiger partial charge in [0.15, 0.2) is 11.6 Å². The summed E-state index contributed by atoms with van der Waals surface area (Å²) in [6.45, 7) is 0. The maximum Gasteiger partial charge on any atom is 0.159 e. The maximum atomic E-state index is 13.2. The quantitative estimate of drug-likeness (QED) is 0.734. The van der Waals surface area contributed by atoms with Crippen LogP contribution in [0.25, 0.3) is 0 Å². The summed E-state index contributed by atoms with van der Waals surface area (Å²) in [4.78, 5) is 0. The molecule has 0 aromatic heterocycles. The summed E-state index contributed by atoms with van der Waals surface area (Å²) in [6, 6.07) is 14.7. The molecule has 0 radical (unpaired) electrons. The molecule has 0 amide bonds. The molecule has 0 aliphatic heterocycles. The summed E-state index contributed by atoms with van der Waals surface area (Å²) in [6.07, 6.45) is 3.28. The van der Waals surface area contributed by atoms with E-state index < -0.39 is 11.6 Å². The minimum Gasteiger partial charge on any atom is -0.204 e. The number of hydrogen-bond donors (Lipinski definition) is 0. The summed E-state index contributed by atoms with van der Waals surface area (Å²) in [7, 11) is 0. The zero-order valence-electron chi connectivity index (χ0n) is 11.1. The Labute approximate surface area is 124 Å². The molecular weight excluding hydrogens is 278 g/mol. The predicted molar refractivity (Wildman–Crippen MR) is 79.2 cm³/mol. The van der Waals surface area contributed by atoms with Gasteiger partial charge in [0.25, 0.3) is 0 Å². The van der Waals surface area contributed by atoms with E-state index in [2.05, 4.69) is 24.3 Å². The van der Waals surface area contributed by atoms with Crippen LogP contribution in [-0.2, 0) is 6.42 Å². The molecule has 0 heterocycles. The molecule has 0 N–H and O–H groups in total. The van der Waals surface area contributed by atoms with Gasteiger partial charge in [0.2, 0.25) is 0 Å². The largest absolute Gasteiger partial charge is 0.204 e. The molecule has 1 aliphatic carbocycles. The van der Waals surface area contributed by atoms with Crippen LogP contribution < -0.4 is 0 Å². The smallest absolute Gasteiger partial charge is 0.159 e. The first-order valence-corrected chi connectivity index (χ1v) is 6.73. The summed E-state index contributed by atoms with van der Waals surface area (Å²) < 4.78 is 26.0. The van der Waals surface area contributed by atoms with Gasteiger partial charge >= 0.3 is 0 Å². The number of aryl methyl sites for hydroxylation is 1. The van der Waals surface area contributed by atoms with Crippen LogP contribution in [0.2, 0.25) is 0 Å². The summed E-state index contributed by atoms with van der Waals surface area (Å²) in [5, 5.41) is 0. The van der Waals surface area contributed by atoms with Gasteiger partial charge < -0.3 is 0 Å². The van der Waals surface area contributed by atoms with Crippen LogP contribution in [0.4, 0.5) is 8.78 Å². The van der Waals surface area contributed by atoms with E-state index in [9.17, 15) is 8.78 Å². The van der Waals surface area contributed by atoms with E-state index in [1.165, 1.54) is 17.7 Å². The Morgan fingerprint density at radius 2 is 1.70 bits per heavy atom. The summed E-state index contributed by atoms with van der Waals surface area (Å²) in [5.41, 5.74) is 2.29. The molecule has 20 heavy (non-hydrogen) atoms. The van der Waals surface area contributed by atoms with Gasteiger partial charge in [-0.25, -0.2) is 8.78 Å². The molecule has 3 rings (SSSR count). The van der Waals surface area contributed by atoms with Gasteiger partial charge in [0, 0.05) is 0 Å². The second-order valence-electron chi connectivity index (χ2n) is 5.30. The second-order valence-corrected chi connectivity index (χ2v) is 5.30. The van der Waals surface area contributed by atoms with Gasteiger partial charge in [0.1, 0.15) is 0 Å². The molecule has 2 aromatic carbocycles. The third kappa shape index (κ3) is 3.37. The van der Waals surface area contributed by atoms with Gasteiger partial charge in [0.05, 0.1) is 0 Å². The molecule has 1 saturated carbocycles. The number of halogens is 3. The lowest BCUT2D eigenvalue weighted by atomic mass is 10.0. The van der Waals surface area contributed by atoms with Gasteiger partial charge in [-0.05, 0) is 54.4 Å². The molecule has 3 heteroatoms. The molecule has 1 fully saturated rings. The van der Waals surface area contributed by atoms with E-state index in [0.29, 0.717) is 11.8 Å². The Hall–Kier alpha value is -1.41. The second kappa shape index (κ2) is 6.36. The number of hydrogen-bond acceptors (Lipinski definition) is 0. The van der Waals surface area contributed by atoms with Gasteiger partial charge in [-0.3, -0.25) is 0 Å². The molecule has 0 spiro atoms. The molecule has 0 nitrogen and oxygen atoms in total. The molecule has 2 atom stereocenters. The predicted octanol–water partition coefficient (Wildman–Crippen LogP) is 5.12. The Bertz CT molecular complexity index is 568. The van der Waals surface area contributed by atoms with Crippen LogP contribution in [0.15, 0.2) is 48.5 Å². The highest BCUT2D eigenvalue weighted by atomic mass is 35.5. The normalized spacial score (nSPS) is 20.3. The van der Waals surface area contributed by atoms with Gasteiger partial charge in [-0.15, -0.1) is 12.4 Å². The van der Waals surface area contributed by atoms with Crippen molar-refractivity contribution in [2.45, 2.75) is 25.2 Å². The lowest BCUT2D eigenvalue weighted by Crippen LogP contribution is -1.91. The highest BCUT2D eigenvalue weighted by molar-refractivity contribution is 5.85. The first-order valence-electron chi connectivity index (χ1n) is 6.73. The minimum absolute atomic E-state index is 0. The van der Waals surface area contributed by atoms with Crippen molar-refractivity contribution in [3.05, 3.63) is 71.3 Å². The molecule has 106 valence electrons. The van der Waals surface area contributed by atoms with Crippen molar-refractivity contribution in [2.75, 3.05) is 0 Å². The highest BCUT2D eigenvalue weighted by Crippen LogP contribution is 2.50. The van der Waals surface area contributed by atoms with Gasteiger partial charge in [-0.2, -0.15) is 0 Å². The monoisotopic (exact) mass is 294 g/mol. The van der Waals surface area contributed by atoms with Crippen molar-refractivity contribution < 1.29 is 8.78 Å². The van der Waals surface area contributed by atoms with E-state index in [1.807, 2.05) is 6.07 Å². The van der Waals surface area contributed by atoms with Crippen LogP contribution in [-0.4, -0.2) is 0 Å². The topological polar surface area (TPSA) is 0 Å². The SMILES string of the molecule is Cl.Fc1ccc([C@@H]2CC2CCc2ccccc2)cc1F. The first kappa shape index (κ1) is 15.0. The fourth-order valence-corrected chi connectivity index (χ4v) is 2.71. The van der Waals surface area contributed by atoms with Crippen LogP contribution in [0.3, 0.4) is 0 Å². The van der Waals surface area contributed by atoms with E-state index in [4.69, 9.17) is 0 Å². The van der Waals surface area contributed by atoms with Crippen LogP contribution in [0, 0.1) is 17.6 Å². The fraction of sp³-hybridized carbons (Fsp3) is 0.294. The molecule has 2 aromatic rings. The molecular formula is C17H17ClF2.